The second-order valence-corrected chi connectivity index (χ2v) is 9.53. The monoisotopic (exact) mass is 380 g/mol. The van der Waals surface area contributed by atoms with Crippen molar-refractivity contribution in [2.75, 3.05) is 18.1 Å². The quantitative estimate of drug-likeness (QED) is 0.761. The zero-order chi connectivity index (χ0) is 19.3. The SMILES string of the molecule is Cc1cc(C)c(NC(=O)CCN(C2CCCCCC2)S(C)(=O)=O)c(C)c1. The second kappa shape index (κ2) is 9.00. The first-order valence-corrected chi connectivity index (χ1v) is 11.4. The first kappa shape index (κ1) is 20.9. The van der Waals surface area contributed by atoms with Crippen molar-refractivity contribution in [3.05, 3.63) is 28.8 Å². The second-order valence-electron chi connectivity index (χ2n) is 7.59. The third-order valence-corrected chi connectivity index (χ3v) is 6.49. The predicted octanol–water partition coefficient (Wildman–Crippen LogP) is 3.92. The molecule has 0 aromatic heterocycles. The number of anilines is 1. The van der Waals surface area contributed by atoms with E-state index in [-0.39, 0.29) is 24.9 Å². The lowest BCUT2D eigenvalue weighted by Crippen LogP contribution is -2.41. The molecular weight excluding hydrogens is 348 g/mol. The summed E-state index contributed by atoms with van der Waals surface area (Å²) in [6, 6.07) is 4.11. The highest BCUT2D eigenvalue weighted by Crippen LogP contribution is 2.25. The van der Waals surface area contributed by atoms with Crippen LogP contribution in [0.5, 0.6) is 0 Å². The Morgan fingerprint density at radius 2 is 1.62 bits per heavy atom. The summed E-state index contributed by atoms with van der Waals surface area (Å²) < 4.78 is 26.1. The topological polar surface area (TPSA) is 66.5 Å². The van der Waals surface area contributed by atoms with Crippen molar-refractivity contribution in [3.63, 3.8) is 0 Å². The van der Waals surface area contributed by atoms with Gasteiger partial charge >= 0.3 is 0 Å². The third kappa shape index (κ3) is 5.81. The maximum absolute atomic E-state index is 12.5. The smallest absolute Gasteiger partial charge is 0.225 e. The molecule has 1 aliphatic carbocycles. The van der Waals surface area contributed by atoms with Crippen LogP contribution in [-0.2, 0) is 14.8 Å². The van der Waals surface area contributed by atoms with Gasteiger partial charge < -0.3 is 5.32 Å². The Labute approximate surface area is 158 Å². The molecule has 0 spiro atoms. The van der Waals surface area contributed by atoms with E-state index >= 15 is 0 Å². The number of hydrogen-bond acceptors (Lipinski definition) is 3. The lowest BCUT2D eigenvalue weighted by Gasteiger charge is -2.28. The molecule has 1 fully saturated rings. The van der Waals surface area contributed by atoms with Crippen LogP contribution in [0.15, 0.2) is 12.1 Å². The molecule has 1 N–H and O–H groups in total. The van der Waals surface area contributed by atoms with Crippen LogP contribution >= 0.6 is 0 Å². The minimum Gasteiger partial charge on any atom is -0.326 e. The number of amides is 1. The maximum atomic E-state index is 12.5. The van der Waals surface area contributed by atoms with Gasteiger partial charge in [0.2, 0.25) is 15.9 Å². The molecular formula is C20H32N2O3S. The minimum absolute atomic E-state index is 0.0307. The van der Waals surface area contributed by atoms with Crippen molar-refractivity contribution < 1.29 is 13.2 Å². The molecule has 1 aromatic rings. The van der Waals surface area contributed by atoms with Gasteiger partial charge in [0, 0.05) is 24.7 Å². The van der Waals surface area contributed by atoms with Gasteiger partial charge in [-0.05, 0) is 44.7 Å². The van der Waals surface area contributed by atoms with Crippen LogP contribution in [0.25, 0.3) is 0 Å². The molecule has 0 atom stereocenters. The van der Waals surface area contributed by atoms with E-state index in [1.54, 1.807) is 4.31 Å². The van der Waals surface area contributed by atoms with Gasteiger partial charge in [-0.2, -0.15) is 4.31 Å². The zero-order valence-corrected chi connectivity index (χ0v) is 17.3. The van der Waals surface area contributed by atoms with Crippen molar-refractivity contribution in [1.82, 2.24) is 4.31 Å². The van der Waals surface area contributed by atoms with E-state index < -0.39 is 10.0 Å². The number of aryl methyl sites for hydroxylation is 3. The van der Waals surface area contributed by atoms with Crippen molar-refractivity contribution in [3.8, 4) is 0 Å². The van der Waals surface area contributed by atoms with Crippen LogP contribution in [0.3, 0.4) is 0 Å². The Kier molecular flexibility index (Phi) is 7.24. The first-order valence-electron chi connectivity index (χ1n) is 9.53. The average molecular weight is 381 g/mol. The van der Waals surface area contributed by atoms with E-state index in [2.05, 4.69) is 5.32 Å². The summed E-state index contributed by atoms with van der Waals surface area (Å²) in [5, 5.41) is 2.97. The van der Waals surface area contributed by atoms with Gasteiger partial charge in [-0.1, -0.05) is 43.4 Å². The summed E-state index contributed by atoms with van der Waals surface area (Å²) in [4.78, 5) is 12.5. The van der Waals surface area contributed by atoms with Gasteiger partial charge in [0.1, 0.15) is 0 Å². The molecule has 0 radical (unpaired) electrons. The largest absolute Gasteiger partial charge is 0.326 e. The Balaban J connectivity index is 2.03. The lowest BCUT2D eigenvalue weighted by molar-refractivity contribution is -0.116. The van der Waals surface area contributed by atoms with Crippen molar-refractivity contribution in [2.24, 2.45) is 0 Å². The molecule has 0 bridgehead atoms. The van der Waals surface area contributed by atoms with Crippen LogP contribution < -0.4 is 5.32 Å². The summed E-state index contributed by atoms with van der Waals surface area (Å²) in [5.41, 5.74) is 4.05. The van der Waals surface area contributed by atoms with Crippen LogP contribution in [0.2, 0.25) is 0 Å². The number of sulfonamides is 1. The zero-order valence-electron chi connectivity index (χ0n) is 16.5. The van der Waals surface area contributed by atoms with E-state index in [1.165, 1.54) is 19.1 Å². The average Bonchev–Trinajstić information content (AvgIpc) is 2.79. The maximum Gasteiger partial charge on any atom is 0.225 e. The highest BCUT2D eigenvalue weighted by atomic mass is 32.2. The van der Waals surface area contributed by atoms with Crippen LogP contribution in [0.1, 0.15) is 61.6 Å². The van der Waals surface area contributed by atoms with E-state index in [4.69, 9.17) is 0 Å². The molecule has 1 aromatic carbocycles. The summed E-state index contributed by atoms with van der Waals surface area (Å²) in [5.74, 6) is -0.137. The van der Waals surface area contributed by atoms with Gasteiger partial charge in [0.05, 0.1) is 6.26 Å². The number of benzene rings is 1. The van der Waals surface area contributed by atoms with E-state index in [0.29, 0.717) is 0 Å². The molecule has 5 nitrogen and oxygen atoms in total. The van der Waals surface area contributed by atoms with E-state index in [9.17, 15) is 13.2 Å². The van der Waals surface area contributed by atoms with Crippen LogP contribution in [-0.4, -0.2) is 37.5 Å². The molecule has 26 heavy (non-hydrogen) atoms. The Morgan fingerprint density at radius 1 is 1.08 bits per heavy atom. The fourth-order valence-corrected chi connectivity index (χ4v) is 5.13. The standard InChI is InChI=1S/C20H32N2O3S/c1-15-13-16(2)20(17(3)14-15)21-19(23)11-12-22(26(4,24)25)18-9-7-5-6-8-10-18/h13-14,18H,5-12H2,1-4H3,(H,21,23). The number of carbonyl (C=O) groups is 1. The molecule has 1 saturated carbocycles. The fraction of sp³-hybridized carbons (Fsp3) is 0.650. The molecule has 0 saturated heterocycles. The summed E-state index contributed by atoms with van der Waals surface area (Å²) >= 11 is 0. The molecule has 0 unspecified atom stereocenters. The minimum atomic E-state index is -3.32. The molecule has 0 heterocycles. The van der Waals surface area contributed by atoms with E-state index in [0.717, 1.165) is 48.1 Å². The Bertz CT molecular complexity index is 712. The van der Waals surface area contributed by atoms with E-state index in [1.807, 2.05) is 32.9 Å². The summed E-state index contributed by atoms with van der Waals surface area (Å²) in [6.45, 7) is 6.23. The third-order valence-electron chi connectivity index (χ3n) is 5.16. The molecule has 2 rings (SSSR count). The fourth-order valence-electron chi connectivity index (χ4n) is 3.96. The molecule has 146 valence electrons. The number of nitrogens with zero attached hydrogens (tertiary/aromatic N) is 1. The van der Waals surface area contributed by atoms with Gasteiger partial charge in [0.15, 0.2) is 0 Å². The van der Waals surface area contributed by atoms with Gasteiger partial charge in [-0.3, -0.25) is 4.79 Å². The first-order chi connectivity index (χ1) is 12.2. The number of hydrogen-bond donors (Lipinski definition) is 1. The van der Waals surface area contributed by atoms with Crippen molar-refractivity contribution in [1.29, 1.82) is 0 Å². The van der Waals surface area contributed by atoms with Gasteiger partial charge in [-0.25, -0.2) is 8.42 Å². The highest BCUT2D eigenvalue weighted by Gasteiger charge is 2.27. The molecule has 1 amide bonds. The van der Waals surface area contributed by atoms with Gasteiger partial charge in [0.25, 0.3) is 0 Å². The molecule has 0 aliphatic heterocycles. The summed E-state index contributed by atoms with van der Waals surface area (Å²) in [6.07, 6.45) is 7.67. The molecule has 6 heteroatoms. The number of rotatable bonds is 6. The number of carbonyl (C=O) groups excluding carboxylic acids is 1. The highest BCUT2D eigenvalue weighted by molar-refractivity contribution is 7.88. The van der Waals surface area contributed by atoms with Crippen LogP contribution in [0.4, 0.5) is 5.69 Å². The van der Waals surface area contributed by atoms with Gasteiger partial charge in [-0.15, -0.1) is 0 Å². The van der Waals surface area contributed by atoms with Crippen LogP contribution in [0, 0.1) is 20.8 Å². The Morgan fingerprint density at radius 3 is 2.12 bits per heavy atom. The predicted molar refractivity (Wildman–Crippen MR) is 107 cm³/mol. The normalized spacial score (nSPS) is 16.5. The lowest BCUT2D eigenvalue weighted by atomic mass is 10.0. The van der Waals surface area contributed by atoms with Crippen molar-refractivity contribution in [2.45, 2.75) is 71.8 Å². The van der Waals surface area contributed by atoms with Crippen molar-refractivity contribution >= 4 is 21.6 Å². The summed E-state index contributed by atoms with van der Waals surface area (Å²) in [7, 11) is -3.32. The Hall–Kier alpha value is -1.40. The molecule has 1 aliphatic rings. The number of nitrogens with one attached hydrogen (secondary N) is 1.